The van der Waals surface area contributed by atoms with Crippen molar-refractivity contribution in [1.82, 2.24) is 9.88 Å². The van der Waals surface area contributed by atoms with Gasteiger partial charge in [0.25, 0.3) is 5.56 Å². The van der Waals surface area contributed by atoms with Crippen LogP contribution in [0, 0.1) is 6.92 Å². The Hall–Kier alpha value is -3.32. The van der Waals surface area contributed by atoms with Crippen LogP contribution in [-0.4, -0.2) is 41.3 Å². The monoisotopic (exact) mass is 395 g/mol. The fourth-order valence-electron chi connectivity index (χ4n) is 3.15. The molecule has 7 heteroatoms. The Morgan fingerprint density at radius 3 is 2.76 bits per heavy atom. The summed E-state index contributed by atoms with van der Waals surface area (Å²) in [6.45, 7) is 2.37. The molecule has 0 spiro atoms. The number of nitrogens with zero attached hydrogens (tertiary/aromatic N) is 1. The van der Waals surface area contributed by atoms with E-state index in [9.17, 15) is 14.7 Å². The van der Waals surface area contributed by atoms with Crippen LogP contribution in [0.5, 0.6) is 5.75 Å². The number of nitrogens with one attached hydrogen (secondary N) is 2. The predicted octanol–water partition coefficient (Wildman–Crippen LogP) is 3.26. The largest absolute Gasteiger partial charge is 0.495 e. The molecule has 2 amide bonds. The number of anilines is 1. The van der Waals surface area contributed by atoms with Crippen molar-refractivity contribution in [3.8, 4) is 5.75 Å². The molecule has 3 rings (SSSR count). The minimum absolute atomic E-state index is 0.0499. The number of urea groups is 1. The van der Waals surface area contributed by atoms with Gasteiger partial charge in [-0.05, 0) is 49.1 Å². The number of H-pyrrole nitrogens is 1. The molecule has 29 heavy (non-hydrogen) atoms. The number of amides is 2. The zero-order valence-corrected chi connectivity index (χ0v) is 16.6. The van der Waals surface area contributed by atoms with Gasteiger partial charge in [-0.3, -0.25) is 4.79 Å². The summed E-state index contributed by atoms with van der Waals surface area (Å²) in [5.41, 5.74) is 2.62. The number of rotatable bonds is 7. The Bertz CT molecular complexity index is 1060. The van der Waals surface area contributed by atoms with Crippen LogP contribution < -0.4 is 15.6 Å². The van der Waals surface area contributed by atoms with E-state index in [1.807, 2.05) is 37.3 Å². The van der Waals surface area contributed by atoms with Crippen LogP contribution in [0.15, 0.2) is 53.3 Å². The molecule has 3 N–H and O–H groups in total. The fraction of sp³-hybridized carbons (Fsp3) is 0.273. The molecule has 0 atom stereocenters. The fourth-order valence-corrected chi connectivity index (χ4v) is 3.15. The molecule has 0 aliphatic heterocycles. The summed E-state index contributed by atoms with van der Waals surface area (Å²) < 4.78 is 5.28. The second-order valence-corrected chi connectivity index (χ2v) is 6.84. The first-order valence-corrected chi connectivity index (χ1v) is 9.44. The van der Waals surface area contributed by atoms with Crippen LogP contribution in [0.3, 0.4) is 0 Å². The van der Waals surface area contributed by atoms with E-state index in [4.69, 9.17) is 4.74 Å². The van der Waals surface area contributed by atoms with E-state index in [-0.39, 0.29) is 24.7 Å². The normalized spacial score (nSPS) is 10.7. The number of fused-ring (bicyclic) bond motifs is 1. The van der Waals surface area contributed by atoms with Crippen LogP contribution in [0.1, 0.15) is 17.5 Å². The maximum atomic E-state index is 12.9. The quantitative estimate of drug-likeness (QED) is 0.572. The van der Waals surface area contributed by atoms with E-state index in [0.717, 1.165) is 16.5 Å². The molecule has 0 radical (unpaired) electrons. The van der Waals surface area contributed by atoms with Gasteiger partial charge in [0, 0.05) is 24.2 Å². The van der Waals surface area contributed by atoms with E-state index < -0.39 is 0 Å². The molecule has 0 aliphatic rings. The van der Waals surface area contributed by atoms with Crippen LogP contribution in [0.25, 0.3) is 10.9 Å². The number of carbonyl (C=O) groups is 1. The zero-order chi connectivity index (χ0) is 20.8. The van der Waals surface area contributed by atoms with Crippen molar-refractivity contribution in [2.45, 2.75) is 19.9 Å². The third kappa shape index (κ3) is 4.94. The lowest BCUT2D eigenvalue weighted by atomic mass is 10.1. The molecule has 0 unspecified atom stereocenters. The molecular formula is C22H25N3O4. The molecule has 0 bridgehead atoms. The summed E-state index contributed by atoms with van der Waals surface area (Å²) in [6.07, 6.45) is 0.407. The molecule has 2 aromatic carbocycles. The van der Waals surface area contributed by atoms with Gasteiger partial charge >= 0.3 is 6.03 Å². The molecule has 0 saturated heterocycles. The number of methoxy groups -OCH3 is 1. The van der Waals surface area contributed by atoms with Crippen molar-refractivity contribution in [3.05, 3.63) is 70.0 Å². The van der Waals surface area contributed by atoms with E-state index in [2.05, 4.69) is 10.3 Å². The number of aliphatic hydroxyl groups is 1. The van der Waals surface area contributed by atoms with Crippen molar-refractivity contribution in [3.63, 3.8) is 0 Å². The number of aromatic nitrogens is 1. The molecule has 152 valence electrons. The molecule has 1 aromatic heterocycles. The summed E-state index contributed by atoms with van der Waals surface area (Å²) in [5.74, 6) is 0.544. The lowest BCUT2D eigenvalue weighted by molar-refractivity contribution is 0.199. The van der Waals surface area contributed by atoms with Crippen molar-refractivity contribution in [1.29, 1.82) is 0 Å². The summed E-state index contributed by atoms with van der Waals surface area (Å²) in [4.78, 5) is 29.8. The first kappa shape index (κ1) is 20.4. The maximum absolute atomic E-state index is 12.9. The number of aromatic amines is 1. The lowest BCUT2D eigenvalue weighted by Gasteiger charge is -2.23. The molecule has 1 heterocycles. The molecule has 0 fully saturated rings. The van der Waals surface area contributed by atoms with Crippen molar-refractivity contribution < 1.29 is 14.6 Å². The number of carbonyl (C=O) groups excluding carboxylic acids is 1. The average Bonchev–Trinajstić information content (AvgIpc) is 2.72. The summed E-state index contributed by atoms with van der Waals surface area (Å²) in [5, 5.41) is 12.9. The van der Waals surface area contributed by atoms with Gasteiger partial charge in [0.05, 0.1) is 19.3 Å². The Balaban J connectivity index is 1.87. The summed E-state index contributed by atoms with van der Waals surface area (Å²) in [7, 11) is 1.53. The summed E-state index contributed by atoms with van der Waals surface area (Å²) in [6, 6.07) is 14.3. The average molecular weight is 395 g/mol. The first-order valence-electron chi connectivity index (χ1n) is 9.44. The third-order valence-electron chi connectivity index (χ3n) is 4.66. The van der Waals surface area contributed by atoms with E-state index in [0.29, 0.717) is 30.0 Å². The van der Waals surface area contributed by atoms with Crippen LogP contribution >= 0.6 is 0 Å². The minimum atomic E-state index is -0.369. The highest BCUT2D eigenvalue weighted by Gasteiger charge is 2.17. The number of aryl methyl sites for hydroxylation is 1. The van der Waals surface area contributed by atoms with E-state index in [1.165, 1.54) is 12.0 Å². The highest BCUT2D eigenvalue weighted by Crippen LogP contribution is 2.23. The molecule has 3 aromatic rings. The molecule has 7 nitrogen and oxygen atoms in total. The third-order valence-corrected chi connectivity index (χ3v) is 4.66. The standard InChI is InChI=1S/C22H25N3O4/c1-15-8-9-18-16(12-15)13-17(21(27)23-18)14-25(10-5-11-26)22(28)24-19-6-3-4-7-20(19)29-2/h3-4,6-9,12-13,26H,5,10-11,14H2,1-2H3,(H,23,27)(H,24,28). The van der Waals surface area contributed by atoms with Gasteiger partial charge in [0.2, 0.25) is 0 Å². The van der Waals surface area contributed by atoms with Crippen molar-refractivity contribution in [2.24, 2.45) is 0 Å². The Morgan fingerprint density at radius 2 is 2.00 bits per heavy atom. The second-order valence-electron chi connectivity index (χ2n) is 6.84. The van der Waals surface area contributed by atoms with Crippen molar-refractivity contribution in [2.75, 3.05) is 25.6 Å². The van der Waals surface area contributed by atoms with E-state index in [1.54, 1.807) is 18.2 Å². The van der Waals surface area contributed by atoms with Gasteiger partial charge < -0.3 is 25.0 Å². The minimum Gasteiger partial charge on any atom is -0.495 e. The lowest BCUT2D eigenvalue weighted by Crippen LogP contribution is -2.37. The molecule has 0 saturated carbocycles. The Kier molecular flexibility index (Phi) is 6.51. The van der Waals surface area contributed by atoms with Gasteiger partial charge in [-0.15, -0.1) is 0 Å². The Morgan fingerprint density at radius 1 is 1.21 bits per heavy atom. The van der Waals surface area contributed by atoms with Gasteiger partial charge in [-0.2, -0.15) is 0 Å². The van der Waals surface area contributed by atoms with Crippen LogP contribution in [0.2, 0.25) is 0 Å². The number of para-hydroxylation sites is 2. The number of aliphatic hydroxyl groups excluding tert-OH is 1. The van der Waals surface area contributed by atoms with Crippen LogP contribution in [0.4, 0.5) is 10.5 Å². The molecule has 0 aliphatic carbocycles. The predicted molar refractivity (Wildman–Crippen MR) is 113 cm³/mol. The van der Waals surface area contributed by atoms with Gasteiger partial charge in [0.15, 0.2) is 0 Å². The van der Waals surface area contributed by atoms with Gasteiger partial charge in [0.1, 0.15) is 5.75 Å². The van der Waals surface area contributed by atoms with Gasteiger partial charge in [-0.25, -0.2) is 4.79 Å². The smallest absolute Gasteiger partial charge is 0.322 e. The number of ether oxygens (including phenoxy) is 1. The van der Waals surface area contributed by atoms with E-state index >= 15 is 0 Å². The zero-order valence-electron chi connectivity index (χ0n) is 16.6. The highest BCUT2D eigenvalue weighted by atomic mass is 16.5. The number of pyridine rings is 1. The topological polar surface area (TPSA) is 94.7 Å². The van der Waals surface area contributed by atoms with Crippen molar-refractivity contribution >= 4 is 22.6 Å². The summed E-state index contributed by atoms with van der Waals surface area (Å²) >= 11 is 0. The highest BCUT2D eigenvalue weighted by molar-refractivity contribution is 5.91. The first-order chi connectivity index (χ1) is 14.0. The number of hydrogen-bond donors (Lipinski definition) is 3. The Labute approximate surface area is 168 Å². The van der Waals surface area contributed by atoms with Gasteiger partial charge in [-0.1, -0.05) is 23.8 Å². The SMILES string of the molecule is COc1ccccc1NC(=O)N(CCCO)Cc1cc2cc(C)ccc2[nH]c1=O. The maximum Gasteiger partial charge on any atom is 0.322 e. The number of hydrogen-bond acceptors (Lipinski definition) is 4. The molecular weight excluding hydrogens is 370 g/mol. The number of benzene rings is 2. The van der Waals surface area contributed by atoms with Crippen LogP contribution in [-0.2, 0) is 6.54 Å². The second kappa shape index (κ2) is 9.25.